The normalized spacial score (nSPS) is 12.9. The van der Waals surface area contributed by atoms with Crippen LogP contribution in [-0.2, 0) is 14.3 Å². The number of fused-ring (bicyclic) bond motifs is 6. The quantitative estimate of drug-likeness (QED) is 0.0384. The number of hydrogen-bond donors (Lipinski definition) is 1. The first-order valence-corrected chi connectivity index (χ1v) is 33.3. The number of hydrogen-bond acceptors (Lipinski definition) is 13. The Balaban J connectivity index is 0.916. The molecule has 0 bridgehead atoms. The highest BCUT2D eigenvalue weighted by atomic mass is 32.2. The van der Waals surface area contributed by atoms with Crippen LogP contribution < -0.4 is 5.32 Å². The van der Waals surface area contributed by atoms with Crippen molar-refractivity contribution in [3.8, 4) is 33.4 Å². The predicted octanol–water partition coefficient (Wildman–Crippen LogP) is 19.7. The lowest BCUT2D eigenvalue weighted by Crippen LogP contribution is -2.39. The Bertz CT molecular complexity index is 3420. The average molecular weight is 1200 g/mol. The summed E-state index contributed by atoms with van der Waals surface area (Å²) in [5, 5.41) is 2.85. The summed E-state index contributed by atoms with van der Waals surface area (Å²) in [6.07, 6.45) is 0.548. The molecular weight excluding hydrogens is 1150 g/mol. The minimum Gasteiger partial charge on any atom is -0.461 e. The zero-order valence-electron chi connectivity index (χ0n) is 42.4. The van der Waals surface area contributed by atoms with Gasteiger partial charge in [0.25, 0.3) is 0 Å². The van der Waals surface area contributed by atoms with E-state index in [9.17, 15) is 9.59 Å². The van der Waals surface area contributed by atoms with Gasteiger partial charge in [-0.3, -0.25) is 0 Å². The molecule has 3 heterocycles. The first-order chi connectivity index (χ1) is 38.9. The number of benzene rings is 9. The number of amides is 1. The highest BCUT2D eigenvalue weighted by Crippen LogP contribution is 2.56. The Kier molecular flexibility index (Phi) is 17.3. The second-order valence-corrected chi connectivity index (χ2v) is 28.0. The van der Waals surface area contributed by atoms with Crippen molar-refractivity contribution >= 4 is 118 Å². The third-order valence-corrected chi connectivity index (χ3v) is 25.3. The Morgan fingerprint density at radius 1 is 0.405 bits per heavy atom. The van der Waals surface area contributed by atoms with Crippen LogP contribution in [0.5, 0.6) is 0 Å². The van der Waals surface area contributed by atoms with Gasteiger partial charge in [0.15, 0.2) is 0 Å². The van der Waals surface area contributed by atoms with Crippen LogP contribution in [0.3, 0.4) is 0 Å². The Morgan fingerprint density at radius 2 is 0.722 bits per heavy atom. The van der Waals surface area contributed by atoms with Crippen LogP contribution in [0.25, 0.3) is 33.4 Å². The maximum atomic E-state index is 13.9. The second-order valence-electron chi connectivity index (χ2n) is 18.6. The van der Waals surface area contributed by atoms with E-state index in [1.807, 2.05) is 106 Å². The minimum atomic E-state index is -0.612. The number of esters is 1. The van der Waals surface area contributed by atoms with Crippen molar-refractivity contribution < 1.29 is 19.1 Å². The molecule has 3 aliphatic heterocycles. The molecule has 0 unspecified atom stereocenters. The maximum absolute atomic E-state index is 13.9. The molecule has 1 amide bonds. The van der Waals surface area contributed by atoms with Gasteiger partial charge in [0, 0.05) is 102 Å². The molecule has 0 aromatic heterocycles. The molecule has 392 valence electrons. The van der Waals surface area contributed by atoms with Crippen LogP contribution in [-0.4, -0.2) is 49.1 Å². The van der Waals surface area contributed by atoms with E-state index in [1.54, 1.807) is 0 Å². The number of rotatable bonds is 18. The molecule has 0 radical (unpaired) electrons. The zero-order valence-corrected chi connectivity index (χ0v) is 49.7. The summed E-state index contributed by atoms with van der Waals surface area (Å²) in [7, 11) is 0. The molecule has 0 atom stereocenters. The van der Waals surface area contributed by atoms with Gasteiger partial charge in [0.05, 0.1) is 6.54 Å². The van der Waals surface area contributed by atoms with Crippen molar-refractivity contribution in [1.29, 1.82) is 0 Å². The molecule has 3 aliphatic rings. The third-order valence-electron chi connectivity index (χ3n) is 13.2. The van der Waals surface area contributed by atoms with Crippen LogP contribution in [0, 0.1) is 5.41 Å². The summed E-state index contributed by atoms with van der Waals surface area (Å²) >= 11 is 16.5. The molecule has 12 rings (SSSR count). The van der Waals surface area contributed by atoms with E-state index in [1.165, 1.54) is 92.1 Å². The van der Waals surface area contributed by atoms with Gasteiger partial charge in [-0.25, -0.2) is 9.59 Å². The summed E-state index contributed by atoms with van der Waals surface area (Å²) in [6.45, 7) is 3.73. The van der Waals surface area contributed by atoms with E-state index in [-0.39, 0.29) is 19.8 Å². The smallest absolute Gasteiger partial charge is 0.407 e. The Morgan fingerprint density at radius 3 is 1.09 bits per heavy atom. The Hall–Kier alpha value is -5.39. The highest BCUT2D eigenvalue weighted by molar-refractivity contribution is 8.06. The molecule has 9 aromatic carbocycles. The van der Waals surface area contributed by atoms with Crippen LogP contribution in [0.2, 0.25) is 0 Å². The third kappa shape index (κ3) is 12.3. The van der Waals surface area contributed by atoms with Crippen LogP contribution in [0.4, 0.5) is 4.79 Å². The molecule has 0 fully saturated rings. The molecule has 9 aromatic rings. The number of thioether (sulfide) groups is 3. The predicted molar refractivity (Wildman–Crippen MR) is 335 cm³/mol. The molecular formula is C65H49NO4S9. The lowest BCUT2D eigenvalue weighted by molar-refractivity contribution is -0.137. The van der Waals surface area contributed by atoms with Gasteiger partial charge in [-0.15, -0.1) is 35.3 Å². The number of ether oxygens (including phenoxy) is 2. The highest BCUT2D eigenvalue weighted by Gasteiger charge is 2.35. The topological polar surface area (TPSA) is 64.6 Å². The van der Waals surface area contributed by atoms with Gasteiger partial charge in [0.1, 0.15) is 13.2 Å². The summed E-state index contributed by atoms with van der Waals surface area (Å²) in [5.41, 5.74) is 6.51. The van der Waals surface area contributed by atoms with Crippen LogP contribution >= 0.6 is 106 Å². The van der Waals surface area contributed by atoms with E-state index in [2.05, 4.69) is 212 Å². The lowest BCUT2D eigenvalue weighted by Gasteiger charge is -2.33. The number of alkyl carbamates (subject to hydrolysis) is 1. The van der Waals surface area contributed by atoms with E-state index in [0.717, 1.165) is 20.8 Å². The Labute approximate surface area is 499 Å². The summed E-state index contributed by atoms with van der Waals surface area (Å²) in [5.74, 6) is 1.35. The molecule has 0 saturated carbocycles. The van der Waals surface area contributed by atoms with Crippen LogP contribution in [0.1, 0.15) is 0 Å². The number of carbonyl (C=O) groups excluding carboxylic acids is 2. The molecule has 0 aliphatic carbocycles. The molecule has 5 nitrogen and oxygen atoms in total. The monoisotopic (exact) mass is 1200 g/mol. The molecule has 14 heteroatoms. The van der Waals surface area contributed by atoms with Crippen molar-refractivity contribution in [2.24, 2.45) is 5.41 Å². The SMILES string of the molecule is C=CC(=O)OCCNC(=O)OCC(CSc1ccccc1-c1cccc2c1Sc1ccccc1S2)(CSc1ccccc1-c1cccc2c1Sc1ccccc1S2)CSc1ccccc1-c1cccc2c1Sc1ccccc1S2. The second kappa shape index (κ2) is 25.2. The molecule has 79 heavy (non-hydrogen) atoms. The molecule has 0 spiro atoms. The lowest BCUT2D eigenvalue weighted by atomic mass is 9.97. The van der Waals surface area contributed by atoms with Crippen LogP contribution in [0.15, 0.2) is 286 Å². The van der Waals surface area contributed by atoms with Gasteiger partial charge >= 0.3 is 12.1 Å². The van der Waals surface area contributed by atoms with Crippen molar-refractivity contribution in [1.82, 2.24) is 5.32 Å². The van der Waals surface area contributed by atoms with E-state index in [0.29, 0.717) is 17.3 Å². The minimum absolute atomic E-state index is 0.000297. The molecule has 0 saturated heterocycles. The van der Waals surface area contributed by atoms with Gasteiger partial charge < -0.3 is 14.8 Å². The van der Waals surface area contributed by atoms with E-state index >= 15 is 0 Å². The average Bonchev–Trinajstić information content (AvgIpc) is 3.58. The van der Waals surface area contributed by atoms with Gasteiger partial charge in [0.2, 0.25) is 0 Å². The maximum Gasteiger partial charge on any atom is 0.407 e. The van der Waals surface area contributed by atoms with E-state index in [4.69, 9.17) is 9.47 Å². The molecule has 1 N–H and O–H groups in total. The summed E-state index contributed by atoms with van der Waals surface area (Å²) < 4.78 is 11.6. The van der Waals surface area contributed by atoms with Crippen molar-refractivity contribution in [2.45, 2.75) is 73.4 Å². The fourth-order valence-electron chi connectivity index (χ4n) is 9.30. The largest absolute Gasteiger partial charge is 0.461 e. The van der Waals surface area contributed by atoms with Gasteiger partial charge in [-0.1, -0.05) is 205 Å². The summed E-state index contributed by atoms with van der Waals surface area (Å²) in [6, 6.07) is 72.1. The first-order valence-electron chi connectivity index (χ1n) is 25.5. The van der Waals surface area contributed by atoms with Crippen molar-refractivity contribution in [2.75, 3.05) is 37.0 Å². The number of carbonyl (C=O) groups is 2. The van der Waals surface area contributed by atoms with Gasteiger partial charge in [-0.05, 0) is 106 Å². The van der Waals surface area contributed by atoms with E-state index < -0.39 is 17.5 Å². The van der Waals surface area contributed by atoms with Crippen molar-refractivity contribution in [3.63, 3.8) is 0 Å². The first kappa shape index (κ1) is 54.2. The van der Waals surface area contributed by atoms with Gasteiger partial charge in [-0.2, -0.15) is 0 Å². The zero-order chi connectivity index (χ0) is 53.5. The summed E-state index contributed by atoms with van der Waals surface area (Å²) in [4.78, 5) is 44.4. The fraction of sp³-hybridized carbons (Fsp3) is 0.108. The fourth-order valence-corrected chi connectivity index (χ4v) is 20.6. The van der Waals surface area contributed by atoms with Crippen molar-refractivity contribution in [3.05, 3.63) is 213 Å². The standard InChI is InChI=1S/C65H49NO4S9/c1-2-60(67)69-37-36-66-64(68)70-38-65(39-71-48-24-6-3-18-42(48)45-21-15-33-57-61(45)77-54-30-12-9-27-51(54)74-57,40-72-49-25-7-4-19-43(49)46-22-16-34-58-62(46)78-55-31-13-10-28-52(55)75-58)41-73-50-26-8-5-20-44(50)47-23-17-35-59-63(47)79-56-32-14-11-29-53(56)76-59/h2-35H,1,36-41H2,(H,66,68). The number of nitrogens with one attached hydrogen (secondary N) is 1.